The molecule has 1 aromatic heterocycles. The average molecular weight is 501 g/mol. The predicted molar refractivity (Wildman–Crippen MR) is 126 cm³/mol. The molecule has 1 aromatic carbocycles. The van der Waals surface area contributed by atoms with Crippen LogP contribution in [-0.4, -0.2) is 51.5 Å². The Balaban J connectivity index is 1.50. The van der Waals surface area contributed by atoms with Gasteiger partial charge in [0.25, 0.3) is 0 Å². The lowest BCUT2D eigenvalue weighted by molar-refractivity contribution is -0.239. The molecular weight excluding hydrogens is 472 g/mol. The van der Waals surface area contributed by atoms with Gasteiger partial charge in [0.1, 0.15) is 24.1 Å². The summed E-state index contributed by atoms with van der Waals surface area (Å²) in [5, 5.41) is 0. The Labute approximate surface area is 208 Å². The number of ether oxygens (including phenoxy) is 5. The van der Waals surface area contributed by atoms with Gasteiger partial charge in [-0.15, -0.1) is 0 Å². The fourth-order valence-corrected chi connectivity index (χ4v) is 5.41. The van der Waals surface area contributed by atoms with Crippen LogP contribution in [0.1, 0.15) is 49.6 Å². The Morgan fingerprint density at radius 3 is 2.40 bits per heavy atom. The zero-order chi connectivity index (χ0) is 25.1. The lowest BCUT2D eigenvalue weighted by Gasteiger charge is -2.38. The fraction of sp³-hybridized carbons (Fsp3) is 0.520. The molecule has 2 saturated heterocycles. The molecule has 0 amide bonds. The van der Waals surface area contributed by atoms with Crippen molar-refractivity contribution in [3.05, 3.63) is 45.9 Å². The van der Waals surface area contributed by atoms with Crippen LogP contribution in [0.15, 0.2) is 24.4 Å². The number of fused-ring (bicyclic) bond motifs is 3. The van der Waals surface area contributed by atoms with Gasteiger partial charge in [-0.25, -0.2) is 0 Å². The number of esters is 2. The second-order valence-corrected chi connectivity index (χ2v) is 9.89. The summed E-state index contributed by atoms with van der Waals surface area (Å²) in [7, 11) is 0. The first-order valence-corrected chi connectivity index (χ1v) is 12.0. The van der Waals surface area contributed by atoms with Gasteiger partial charge in [-0.3, -0.25) is 14.2 Å². The van der Waals surface area contributed by atoms with Crippen LogP contribution in [0.25, 0.3) is 0 Å². The third-order valence-corrected chi connectivity index (χ3v) is 7.26. The molecule has 10 heteroatoms. The van der Waals surface area contributed by atoms with E-state index in [1.165, 1.54) is 13.8 Å². The summed E-state index contributed by atoms with van der Waals surface area (Å²) in [5.74, 6) is 0.223. The Morgan fingerprint density at radius 1 is 1.11 bits per heavy atom. The largest absolute Gasteiger partial charge is 0.463 e. The van der Waals surface area contributed by atoms with E-state index in [9.17, 15) is 9.59 Å². The van der Waals surface area contributed by atoms with Gasteiger partial charge in [0.2, 0.25) is 10.7 Å². The van der Waals surface area contributed by atoms with Crippen molar-refractivity contribution in [2.24, 2.45) is 0 Å². The molecule has 1 spiro atoms. The van der Waals surface area contributed by atoms with Crippen molar-refractivity contribution in [1.82, 2.24) is 9.55 Å². The van der Waals surface area contributed by atoms with Crippen LogP contribution < -0.4 is 4.74 Å². The number of nitrogens with zero attached hydrogens (tertiary/aromatic N) is 2. The van der Waals surface area contributed by atoms with Crippen molar-refractivity contribution in [1.29, 1.82) is 0 Å². The highest BCUT2D eigenvalue weighted by Gasteiger charge is 2.80. The van der Waals surface area contributed by atoms with Crippen molar-refractivity contribution in [2.75, 3.05) is 6.61 Å². The molecule has 2 aliphatic heterocycles. The van der Waals surface area contributed by atoms with E-state index >= 15 is 0 Å². The van der Waals surface area contributed by atoms with Crippen molar-refractivity contribution in [3.63, 3.8) is 0 Å². The summed E-state index contributed by atoms with van der Waals surface area (Å²) in [5.41, 5.74) is 0.956. The molecule has 2 unspecified atom stereocenters. The lowest BCUT2D eigenvalue weighted by atomic mass is 9.91. The van der Waals surface area contributed by atoms with E-state index in [1.54, 1.807) is 10.8 Å². The molecule has 1 aliphatic carbocycles. The Hall–Kier alpha value is -2.82. The fourth-order valence-electron chi connectivity index (χ4n) is 5.17. The van der Waals surface area contributed by atoms with E-state index in [-0.39, 0.29) is 11.4 Å². The molecule has 3 fully saturated rings. The van der Waals surface area contributed by atoms with E-state index in [0.717, 1.165) is 35.3 Å². The SMILES string of the molecule is CC(=O)OC[C@]12O[C@@H](n3cc(C)c(Oc4c(C)cccc4C)nc3=S)C(OC13CC3)C2OC(C)=O. The molecule has 4 atom stereocenters. The van der Waals surface area contributed by atoms with Crippen LogP contribution in [-0.2, 0) is 28.5 Å². The Bertz CT molecular complexity index is 1250. The van der Waals surface area contributed by atoms with Crippen LogP contribution >= 0.6 is 12.2 Å². The molecule has 186 valence electrons. The highest BCUT2D eigenvalue weighted by atomic mass is 32.1. The first-order valence-electron chi connectivity index (χ1n) is 11.6. The number of carbonyl (C=O) groups is 2. The van der Waals surface area contributed by atoms with Gasteiger partial charge in [-0.05, 0) is 57.0 Å². The molecule has 9 nitrogen and oxygen atoms in total. The highest BCUT2D eigenvalue weighted by Crippen LogP contribution is 2.65. The minimum absolute atomic E-state index is 0.0826. The molecule has 3 aliphatic rings. The third kappa shape index (κ3) is 3.84. The number of carbonyl (C=O) groups excluding carboxylic acids is 2. The van der Waals surface area contributed by atoms with E-state index in [0.29, 0.717) is 5.88 Å². The zero-order valence-corrected chi connectivity index (χ0v) is 21.1. The molecule has 0 radical (unpaired) electrons. The molecular formula is C25H28N2O7S. The number of hydrogen-bond donors (Lipinski definition) is 0. The van der Waals surface area contributed by atoms with Gasteiger partial charge < -0.3 is 23.7 Å². The standard InChI is InChI=1S/C25H28N2O7S/c1-13-7-6-8-14(2)18(13)32-21-15(3)11-27(23(35)26-21)22-19-20(31-17(5)29)25(34-22,12-30-16(4)28)24(33-19)9-10-24/h6-8,11,19-20,22H,9-10,12H2,1-5H3/t19?,20?,22-,25-/m1/s1. The van der Waals surface area contributed by atoms with E-state index in [2.05, 4.69) is 4.98 Å². The minimum Gasteiger partial charge on any atom is -0.463 e. The first-order chi connectivity index (χ1) is 16.6. The summed E-state index contributed by atoms with van der Waals surface area (Å²) in [6.45, 7) is 8.40. The molecule has 2 aromatic rings. The number of para-hydroxylation sites is 1. The maximum absolute atomic E-state index is 12.0. The quantitative estimate of drug-likeness (QED) is 0.430. The van der Waals surface area contributed by atoms with Crippen LogP contribution in [0.4, 0.5) is 0 Å². The molecule has 2 bridgehead atoms. The summed E-state index contributed by atoms with van der Waals surface area (Å²) < 4.78 is 32.1. The summed E-state index contributed by atoms with van der Waals surface area (Å²) in [6.07, 6.45) is 1.15. The summed E-state index contributed by atoms with van der Waals surface area (Å²) in [4.78, 5) is 28.2. The number of aryl methyl sites for hydroxylation is 3. The number of rotatable bonds is 6. The zero-order valence-electron chi connectivity index (χ0n) is 20.3. The van der Waals surface area contributed by atoms with Gasteiger partial charge in [0.05, 0.1) is 0 Å². The maximum Gasteiger partial charge on any atom is 0.303 e. The van der Waals surface area contributed by atoms with Crippen molar-refractivity contribution in [3.8, 4) is 11.6 Å². The lowest BCUT2D eigenvalue weighted by Crippen LogP contribution is -2.54. The number of benzene rings is 1. The molecule has 0 N–H and O–H groups in total. The van der Waals surface area contributed by atoms with Crippen LogP contribution in [0, 0.1) is 25.5 Å². The van der Waals surface area contributed by atoms with E-state index in [4.69, 9.17) is 35.9 Å². The summed E-state index contributed by atoms with van der Waals surface area (Å²) >= 11 is 5.62. The van der Waals surface area contributed by atoms with Gasteiger partial charge >= 0.3 is 11.9 Å². The normalized spacial score (nSPS) is 27.6. The van der Waals surface area contributed by atoms with E-state index in [1.807, 2.05) is 39.0 Å². The van der Waals surface area contributed by atoms with Crippen LogP contribution in [0.2, 0.25) is 0 Å². The minimum atomic E-state index is -1.12. The maximum atomic E-state index is 12.0. The second-order valence-electron chi connectivity index (χ2n) is 9.53. The van der Waals surface area contributed by atoms with Gasteiger partial charge in [-0.1, -0.05) is 18.2 Å². The summed E-state index contributed by atoms with van der Waals surface area (Å²) in [6, 6.07) is 5.92. The monoisotopic (exact) mass is 500 g/mol. The molecule has 5 rings (SSSR count). The number of hydrogen-bond acceptors (Lipinski definition) is 9. The van der Waals surface area contributed by atoms with Crippen molar-refractivity contribution in [2.45, 2.75) is 77.1 Å². The average Bonchev–Trinajstić information content (AvgIpc) is 3.44. The topological polar surface area (TPSA) is 98.1 Å². The second kappa shape index (κ2) is 8.39. The Kier molecular flexibility index (Phi) is 5.73. The Morgan fingerprint density at radius 2 is 1.80 bits per heavy atom. The third-order valence-electron chi connectivity index (χ3n) is 6.96. The van der Waals surface area contributed by atoms with E-state index < -0.39 is 41.6 Å². The highest BCUT2D eigenvalue weighted by molar-refractivity contribution is 7.71. The van der Waals surface area contributed by atoms with Gasteiger partial charge in [0, 0.05) is 25.6 Å². The van der Waals surface area contributed by atoms with Gasteiger partial charge in [-0.2, -0.15) is 4.98 Å². The molecule has 35 heavy (non-hydrogen) atoms. The molecule has 1 saturated carbocycles. The van der Waals surface area contributed by atoms with Crippen molar-refractivity contribution >= 4 is 24.2 Å². The number of aromatic nitrogens is 2. The van der Waals surface area contributed by atoms with Crippen molar-refractivity contribution < 1.29 is 33.3 Å². The van der Waals surface area contributed by atoms with Crippen LogP contribution in [0.5, 0.6) is 11.6 Å². The van der Waals surface area contributed by atoms with Gasteiger partial charge in [0.15, 0.2) is 17.9 Å². The van der Waals surface area contributed by atoms with Crippen LogP contribution in [0.3, 0.4) is 0 Å². The smallest absolute Gasteiger partial charge is 0.303 e. The first kappa shape index (κ1) is 23.9. The molecule has 3 heterocycles. The predicted octanol–water partition coefficient (Wildman–Crippen LogP) is 4.02.